The zero-order chi connectivity index (χ0) is 12.5. The zero-order valence-electron chi connectivity index (χ0n) is 10.4. The number of aryl methyl sites for hydroxylation is 1. The molecule has 0 saturated carbocycles. The summed E-state index contributed by atoms with van der Waals surface area (Å²) in [6.45, 7) is 2.99. The number of rotatable bonds is 2. The molecule has 0 radical (unpaired) electrons. The van der Waals surface area contributed by atoms with Crippen LogP contribution in [0.3, 0.4) is 0 Å². The second-order valence-electron chi connectivity index (χ2n) is 4.74. The van der Waals surface area contributed by atoms with Gasteiger partial charge in [-0.1, -0.05) is 42.0 Å². The monoisotopic (exact) mass is 237 g/mol. The lowest BCUT2D eigenvalue weighted by atomic mass is 10.0. The van der Waals surface area contributed by atoms with E-state index >= 15 is 0 Å². The van der Waals surface area contributed by atoms with Gasteiger partial charge < -0.3 is 5.32 Å². The van der Waals surface area contributed by atoms with Crippen molar-refractivity contribution in [2.45, 2.75) is 13.3 Å². The minimum atomic E-state index is 0.0894. The standard InChI is InChI=1S/C16H15NO/c1-11-2-4-13(5-3-11)16(18)14-7-6-12-8-9-17-15(12)10-14/h2-7,10,17H,8-9H2,1H3. The van der Waals surface area contributed by atoms with Crippen LogP contribution >= 0.6 is 0 Å². The number of benzene rings is 2. The normalized spacial score (nSPS) is 12.9. The molecule has 2 aromatic rings. The quantitative estimate of drug-likeness (QED) is 0.813. The van der Waals surface area contributed by atoms with Crippen molar-refractivity contribution in [2.24, 2.45) is 0 Å². The lowest BCUT2D eigenvalue weighted by Crippen LogP contribution is -2.02. The van der Waals surface area contributed by atoms with E-state index in [-0.39, 0.29) is 5.78 Å². The van der Waals surface area contributed by atoms with E-state index in [9.17, 15) is 4.79 Å². The number of hydrogen-bond acceptors (Lipinski definition) is 2. The van der Waals surface area contributed by atoms with Crippen molar-refractivity contribution in [2.75, 3.05) is 11.9 Å². The van der Waals surface area contributed by atoms with Gasteiger partial charge in [0, 0.05) is 23.4 Å². The molecule has 1 N–H and O–H groups in total. The molecule has 2 aromatic carbocycles. The number of nitrogens with one attached hydrogen (secondary N) is 1. The van der Waals surface area contributed by atoms with Crippen LogP contribution in [0.2, 0.25) is 0 Å². The van der Waals surface area contributed by atoms with Crippen LogP contribution in [0.25, 0.3) is 0 Å². The molecule has 2 heteroatoms. The van der Waals surface area contributed by atoms with Crippen molar-refractivity contribution >= 4 is 11.5 Å². The summed E-state index contributed by atoms with van der Waals surface area (Å²) in [6.07, 6.45) is 1.05. The van der Waals surface area contributed by atoms with Gasteiger partial charge in [0.05, 0.1) is 0 Å². The molecule has 0 unspecified atom stereocenters. The lowest BCUT2D eigenvalue weighted by Gasteiger charge is -2.05. The summed E-state index contributed by atoms with van der Waals surface area (Å²) in [5, 5.41) is 3.30. The summed E-state index contributed by atoms with van der Waals surface area (Å²) in [5.41, 5.74) is 5.08. The van der Waals surface area contributed by atoms with Gasteiger partial charge in [0.15, 0.2) is 5.78 Å². The van der Waals surface area contributed by atoms with Gasteiger partial charge in [-0.3, -0.25) is 4.79 Å². The van der Waals surface area contributed by atoms with E-state index in [1.807, 2.05) is 43.3 Å². The molecule has 18 heavy (non-hydrogen) atoms. The molecule has 1 aliphatic heterocycles. The van der Waals surface area contributed by atoms with Crippen molar-refractivity contribution in [1.29, 1.82) is 0 Å². The Labute approximate surface area is 107 Å². The van der Waals surface area contributed by atoms with Gasteiger partial charge in [0.2, 0.25) is 0 Å². The second kappa shape index (κ2) is 4.30. The van der Waals surface area contributed by atoms with Crippen molar-refractivity contribution in [1.82, 2.24) is 0 Å². The summed E-state index contributed by atoms with van der Waals surface area (Å²) in [7, 11) is 0. The maximum Gasteiger partial charge on any atom is 0.193 e. The number of anilines is 1. The summed E-state index contributed by atoms with van der Waals surface area (Å²) in [6, 6.07) is 13.7. The molecule has 1 aliphatic rings. The zero-order valence-corrected chi connectivity index (χ0v) is 10.4. The van der Waals surface area contributed by atoms with Crippen LogP contribution in [0.1, 0.15) is 27.0 Å². The fourth-order valence-corrected chi connectivity index (χ4v) is 2.30. The predicted molar refractivity (Wildman–Crippen MR) is 73.2 cm³/mol. The molecule has 0 fully saturated rings. The Bertz CT molecular complexity index is 599. The first kappa shape index (κ1) is 11.0. The maximum absolute atomic E-state index is 12.3. The van der Waals surface area contributed by atoms with E-state index in [1.54, 1.807) is 0 Å². The molecule has 0 aliphatic carbocycles. The SMILES string of the molecule is Cc1ccc(C(=O)c2ccc3c(c2)NCC3)cc1. The molecule has 0 saturated heterocycles. The van der Waals surface area contributed by atoms with Gasteiger partial charge in [-0.2, -0.15) is 0 Å². The highest BCUT2D eigenvalue weighted by Crippen LogP contribution is 2.24. The topological polar surface area (TPSA) is 29.1 Å². The molecule has 0 amide bonds. The predicted octanol–water partition coefficient (Wildman–Crippen LogP) is 3.19. The van der Waals surface area contributed by atoms with E-state index in [0.29, 0.717) is 0 Å². The number of carbonyl (C=O) groups is 1. The van der Waals surface area contributed by atoms with Gasteiger partial charge in [-0.05, 0) is 25.0 Å². The van der Waals surface area contributed by atoms with Gasteiger partial charge in [0.25, 0.3) is 0 Å². The van der Waals surface area contributed by atoms with E-state index in [1.165, 1.54) is 11.1 Å². The molecule has 90 valence electrons. The maximum atomic E-state index is 12.3. The largest absolute Gasteiger partial charge is 0.384 e. The fourth-order valence-electron chi connectivity index (χ4n) is 2.30. The van der Waals surface area contributed by atoms with E-state index in [2.05, 4.69) is 11.4 Å². The fraction of sp³-hybridized carbons (Fsp3) is 0.188. The van der Waals surface area contributed by atoms with Crippen molar-refractivity contribution in [3.8, 4) is 0 Å². The van der Waals surface area contributed by atoms with Crippen LogP contribution < -0.4 is 5.32 Å². The summed E-state index contributed by atoms with van der Waals surface area (Å²) >= 11 is 0. The molecule has 0 atom stereocenters. The van der Waals surface area contributed by atoms with E-state index < -0.39 is 0 Å². The van der Waals surface area contributed by atoms with E-state index in [4.69, 9.17) is 0 Å². The summed E-state index contributed by atoms with van der Waals surface area (Å²) < 4.78 is 0. The number of carbonyl (C=O) groups excluding carboxylic acids is 1. The van der Waals surface area contributed by atoms with Crippen molar-refractivity contribution in [3.05, 3.63) is 64.7 Å². The highest BCUT2D eigenvalue weighted by Gasteiger charge is 2.14. The molecular weight excluding hydrogens is 222 g/mol. The van der Waals surface area contributed by atoms with Gasteiger partial charge in [-0.15, -0.1) is 0 Å². The van der Waals surface area contributed by atoms with Crippen LogP contribution in [0.5, 0.6) is 0 Å². The molecule has 0 bridgehead atoms. The van der Waals surface area contributed by atoms with E-state index in [0.717, 1.165) is 29.8 Å². The first-order valence-electron chi connectivity index (χ1n) is 6.22. The lowest BCUT2D eigenvalue weighted by molar-refractivity contribution is 0.103. The highest BCUT2D eigenvalue weighted by molar-refractivity contribution is 6.09. The number of ketones is 1. The highest BCUT2D eigenvalue weighted by atomic mass is 16.1. The molecule has 2 nitrogen and oxygen atoms in total. The van der Waals surface area contributed by atoms with Gasteiger partial charge in [-0.25, -0.2) is 0 Å². The first-order valence-corrected chi connectivity index (χ1v) is 6.22. The molecule has 0 spiro atoms. The Morgan fingerprint density at radius 2 is 1.78 bits per heavy atom. The second-order valence-corrected chi connectivity index (χ2v) is 4.74. The smallest absolute Gasteiger partial charge is 0.193 e. The minimum Gasteiger partial charge on any atom is -0.384 e. The van der Waals surface area contributed by atoms with Crippen LogP contribution in [-0.4, -0.2) is 12.3 Å². The third-order valence-electron chi connectivity index (χ3n) is 3.40. The van der Waals surface area contributed by atoms with Crippen molar-refractivity contribution < 1.29 is 4.79 Å². The van der Waals surface area contributed by atoms with Crippen LogP contribution in [0, 0.1) is 6.92 Å². The minimum absolute atomic E-state index is 0.0894. The average Bonchev–Trinajstić information content (AvgIpc) is 2.86. The van der Waals surface area contributed by atoms with Crippen LogP contribution in [-0.2, 0) is 6.42 Å². The molecule has 0 aromatic heterocycles. The van der Waals surface area contributed by atoms with Crippen LogP contribution in [0.4, 0.5) is 5.69 Å². The summed E-state index contributed by atoms with van der Waals surface area (Å²) in [4.78, 5) is 12.3. The molecule has 3 rings (SSSR count). The Balaban J connectivity index is 1.95. The average molecular weight is 237 g/mol. The molecule has 1 heterocycles. The number of fused-ring (bicyclic) bond motifs is 1. The Morgan fingerprint density at radius 3 is 2.56 bits per heavy atom. The first-order chi connectivity index (χ1) is 8.74. The van der Waals surface area contributed by atoms with Crippen molar-refractivity contribution in [3.63, 3.8) is 0 Å². The van der Waals surface area contributed by atoms with Crippen LogP contribution in [0.15, 0.2) is 42.5 Å². The Kier molecular flexibility index (Phi) is 2.63. The Hall–Kier alpha value is -2.09. The number of hydrogen-bond donors (Lipinski definition) is 1. The van der Waals surface area contributed by atoms with Gasteiger partial charge >= 0.3 is 0 Å². The Morgan fingerprint density at radius 1 is 1.06 bits per heavy atom. The third-order valence-corrected chi connectivity index (χ3v) is 3.40. The molecular formula is C16H15NO. The summed E-state index contributed by atoms with van der Waals surface area (Å²) in [5.74, 6) is 0.0894. The third kappa shape index (κ3) is 1.90. The van der Waals surface area contributed by atoms with Gasteiger partial charge in [0.1, 0.15) is 0 Å².